The fraction of sp³-hybridized carbons (Fsp3) is 0.318. The fourth-order valence-electron chi connectivity index (χ4n) is 3.57. The van der Waals surface area contributed by atoms with Crippen LogP contribution < -0.4 is 10.1 Å². The van der Waals surface area contributed by atoms with Gasteiger partial charge in [-0.2, -0.15) is 4.31 Å². The van der Waals surface area contributed by atoms with E-state index in [0.29, 0.717) is 42.4 Å². The number of furan rings is 1. The first-order chi connectivity index (χ1) is 15.3. The minimum absolute atomic E-state index is 0.0680. The third kappa shape index (κ3) is 4.33. The summed E-state index contributed by atoms with van der Waals surface area (Å²) in [7, 11) is -3.82. The molecule has 1 aliphatic rings. The molecule has 0 saturated carbocycles. The monoisotopic (exact) mass is 478 g/mol. The molecule has 1 fully saturated rings. The maximum absolute atomic E-state index is 13.0. The number of benzene rings is 2. The van der Waals surface area contributed by atoms with Gasteiger partial charge >= 0.3 is 0 Å². The molecular weight excluding hydrogens is 456 g/mol. The summed E-state index contributed by atoms with van der Waals surface area (Å²) >= 11 is 6.19. The minimum Gasteiger partial charge on any atom is -0.494 e. The molecular formula is C22H23ClN2O6S. The molecule has 0 radical (unpaired) electrons. The van der Waals surface area contributed by atoms with E-state index in [-0.39, 0.29) is 28.8 Å². The van der Waals surface area contributed by atoms with Crippen LogP contribution in [0.2, 0.25) is 5.02 Å². The summed E-state index contributed by atoms with van der Waals surface area (Å²) in [6.45, 7) is 5.35. The first kappa shape index (κ1) is 22.6. The van der Waals surface area contributed by atoms with Gasteiger partial charge in [-0.25, -0.2) is 8.42 Å². The molecule has 8 nitrogen and oxygen atoms in total. The third-order valence-electron chi connectivity index (χ3n) is 5.20. The molecule has 0 aliphatic carbocycles. The first-order valence-electron chi connectivity index (χ1n) is 10.2. The lowest BCUT2D eigenvalue weighted by Gasteiger charge is -2.26. The van der Waals surface area contributed by atoms with Crippen LogP contribution >= 0.6 is 11.6 Å². The zero-order valence-electron chi connectivity index (χ0n) is 17.7. The molecule has 1 N–H and O–H groups in total. The van der Waals surface area contributed by atoms with Gasteiger partial charge in [0, 0.05) is 29.7 Å². The Morgan fingerprint density at radius 3 is 2.66 bits per heavy atom. The van der Waals surface area contributed by atoms with Crippen LogP contribution in [0.4, 0.5) is 5.69 Å². The molecule has 170 valence electrons. The Kier molecular flexibility index (Phi) is 6.43. The van der Waals surface area contributed by atoms with Crippen molar-refractivity contribution in [3.05, 3.63) is 52.7 Å². The van der Waals surface area contributed by atoms with Crippen molar-refractivity contribution in [2.45, 2.75) is 18.7 Å². The Labute approximate surface area is 191 Å². The lowest BCUT2D eigenvalue weighted by atomic mass is 10.1. The number of rotatable bonds is 6. The van der Waals surface area contributed by atoms with Crippen molar-refractivity contribution in [3.8, 4) is 5.75 Å². The van der Waals surface area contributed by atoms with Crippen molar-refractivity contribution in [1.82, 2.24) is 4.31 Å². The van der Waals surface area contributed by atoms with E-state index in [4.69, 9.17) is 25.5 Å². The summed E-state index contributed by atoms with van der Waals surface area (Å²) in [5.74, 6) is 0.335. The molecule has 1 aliphatic heterocycles. The average Bonchev–Trinajstić information content (AvgIpc) is 3.12. The number of fused-ring (bicyclic) bond motifs is 1. The Balaban J connectivity index is 1.61. The van der Waals surface area contributed by atoms with Gasteiger partial charge in [-0.05, 0) is 50.2 Å². The number of anilines is 1. The predicted octanol–water partition coefficient (Wildman–Crippen LogP) is 4.07. The molecule has 3 aromatic rings. The van der Waals surface area contributed by atoms with E-state index in [9.17, 15) is 13.2 Å². The summed E-state index contributed by atoms with van der Waals surface area (Å²) in [5, 5.41) is 3.56. The van der Waals surface area contributed by atoms with Crippen molar-refractivity contribution in [1.29, 1.82) is 0 Å². The van der Waals surface area contributed by atoms with Crippen molar-refractivity contribution < 1.29 is 27.1 Å². The van der Waals surface area contributed by atoms with Crippen molar-refractivity contribution in [2.24, 2.45) is 0 Å². The number of nitrogens with zero attached hydrogens (tertiary/aromatic N) is 1. The number of carbonyl (C=O) groups is 1. The fourth-order valence-corrected chi connectivity index (χ4v) is 5.47. The van der Waals surface area contributed by atoms with Crippen LogP contribution in [0.5, 0.6) is 5.75 Å². The molecule has 0 atom stereocenters. The second kappa shape index (κ2) is 9.11. The number of morpholine rings is 1. The summed E-state index contributed by atoms with van der Waals surface area (Å²) in [6, 6.07) is 9.70. The zero-order valence-corrected chi connectivity index (χ0v) is 19.3. The van der Waals surface area contributed by atoms with Gasteiger partial charge in [-0.1, -0.05) is 11.6 Å². The number of halogens is 1. The van der Waals surface area contributed by atoms with Crippen molar-refractivity contribution in [2.75, 3.05) is 38.2 Å². The second-order valence-corrected chi connectivity index (χ2v) is 9.58. The van der Waals surface area contributed by atoms with Crippen molar-refractivity contribution >= 4 is 44.2 Å². The molecule has 10 heteroatoms. The minimum atomic E-state index is -3.82. The van der Waals surface area contributed by atoms with Crippen LogP contribution in [0.1, 0.15) is 23.0 Å². The maximum atomic E-state index is 13.0. The van der Waals surface area contributed by atoms with E-state index in [1.165, 1.54) is 16.4 Å². The van der Waals surface area contributed by atoms with Gasteiger partial charge in [0.2, 0.25) is 10.0 Å². The molecule has 0 spiro atoms. The third-order valence-corrected chi connectivity index (χ3v) is 7.58. The summed E-state index contributed by atoms with van der Waals surface area (Å²) < 4.78 is 43.8. The van der Waals surface area contributed by atoms with E-state index in [2.05, 4.69) is 5.32 Å². The number of hydrogen-bond donors (Lipinski definition) is 1. The molecule has 1 amide bonds. The molecule has 2 heterocycles. The average molecular weight is 479 g/mol. The largest absolute Gasteiger partial charge is 0.494 e. The molecule has 32 heavy (non-hydrogen) atoms. The summed E-state index contributed by atoms with van der Waals surface area (Å²) in [6.07, 6.45) is 0. The van der Waals surface area contributed by atoms with Crippen LogP contribution in [-0.4, -0.2) is 51.5 Å². The van der Waals surface area contributed by atoms with E-state index in [0.717, 1.165) is 5.39 Å². The zero-order chi connectivity index (χ0) is 22.9. The maximum Gasteiger partial charge on any atom is 0.291 e. The Hall–Kier alpha value is -2.59. The molecule has 2 aromatic carbocycles. The molecule has 1 aromatic heterocycles. The van der Waals surface area contributed by atoms with Gasteiger partial charge in [0.05, 0.1) is 24.8 Å². The lowest BCUT2D eigenvalue weighted by molar-refractivity contribution is 0.0730. The Morgan fingerprint density at radius 2 is 1.94 bits per heavy atom. The second-order valence-electron chi connectivity index (χ2n) is 7.26. The lowest BCUT2D eigenvalue weighted by Crippen LogP contribution is -2.40. The quantitative estimate of drug-likeness (QED) is 0.573. The van der Waals surface area contributed by atoms with Gasteiger partial charge in [0.1, 0.15) is 16.2 Å². The molecule has 0 unspecified atom stereocenters. The molecule has 1 saturated heterocycles. The van der Waals surface area contributed by atoms with E-state index in [1.54, 1.807) is 25.1 Å². The van der Waals surface area contributed by atoms with Gasteiger partial charge in [0.25, 0.3) is 5.91 Å². The van der Waals surface area contributed by atoms with Crippen molar-refractivity contribution in [3.63, 3.8) is 0 Å². The highest BCUT2D eigenvalue weighted by molar-refractivity contribution is 7.89. The van der Waals surface area contributed by atoms with Gasteiger partial charge in [-0.3, -0.25) is 4.79 Å². The number of carbonyl (C=O) groups excluding carboxylic acids is 1. The summed E-state index contributed by atoms with van der Waals surface area (Å²) in [5.41, 5.74) is 1.51. The van der Waals surface area contributed by atoms with Crippen LogP contribution in [0.3, 0.4) is 0 Å². The summed E-state index contributed by atoms with van der Waals surface area (Å²) in [4.78, 5) is 12.8. The van der Waals surface area contributed by atoms with Crippen LogP contribution in [0.25, 0.3) is 11.0 Å². The van der Waals surface area contributed by atoms with Gasteiger partial charge in [0.15, 0.2) is 5.76 Å². The molecule has 0 bridgehead atoms. The number of hydrogen-bond acceptors (Lipinski definition) is 6. The number of sulfonamides is 1. The topological polar surface area (TPSA) is 98.1 Å². The van der Waals surface area contributed by atoms with Gasteiger partial charge in [-0.15, -0.1) is 0 Å². The predicted molar refractivity (Wildman–Crippen MR) is 121 cm³/mol. The number of nitrogens with one attached hydrogen (secondary N) is 1. The highest BCUT2D eigenvalue weighted by Crippen LogP contribution is 2.31. The normalized spacial score (nSPS) is 15.1. The molecule has 4 rings (SSSR count). The number of ether oxygens (including phenoxy) is 2. The number of amides is 1. The van der Waals surface area contributed by atoms with E-state index >= 15 is 0 Å². The smallest absolute Gasteiger partial charge is 0.291 e. The first-order valence-corrected chi connectivity index (χ1v) is 12.0. The van der Waals surface area contributed by atoms with Gasteiger partial charge < -0.3 is 19.2 Å². The van der Waals surface area contributed by atoms with Crippen LogP contribution in [0, 0.1) is 6.92 Å². The van der Waals surface area contributed by atoms with E-state index < -0.39 is 15.9 Å². The standard InChI is InChI=1S/C22H23ClN2O6S/c1-3-30-16-5-7-19-17(13-16)14(2)21(31-19)22(26)24-15-4-6-18(23)20(12-15)32(27,28)25-8-10-29-11-9-25/h4-7,12-13H,3,8-11H2,1-2H3,(H,24,26). The highest BCUT2D eigenvalue weighted by Gasteiger charge is 2.29. The Bertz CT molecular complexity index is 1260. The Morgan fingerprint density at radius 1 is 1.19 bits per heavy atom. The van der Waals surface area contributed by atoms with Crippen LogP contribution in [-0.2, 0) is 14.8 Å². The highest BCUT2D eigenvalue weighted by atomic mass is 35.5. The number of aryl methyl sites for hydroxylation is 1. The SMILES string of the molecule is CCOc1ccc2oc(C(=O)Nc3ccc(Cl)c(S(=O)(=O)N4CCOCC4)c3)c(C)c2c1. The van der Waals surface area contributed by atoms with E-state index in [1.807, 2.05) is 13.0 Å². The van der Waals surface area contributed by atoms with Crippen LogP contribution in [0.15, 0.2) is 45.7 Å².